The molecule has 1 unspecified atom stereocenters. The highest BCUT2D eigenvalue weighted by Crippen LogP contribution is 2.29. The van der Waals surface area contributed by atoms with E-state index in [-0.39, 0.29) is 10.6 Å². The summed E-state index contributed by atoms with van der Waals surface area (Å²) in [7, 11) is 0. The second kappa shape index (κ2) is 5.00. The summed E-state index contributed by atoms with van der Waals surface area (Å²) in [5.74, 6) is -2.69. The Morgan fingerprint density at radius 1 is 0.944 bits per heavy atom. The summed E-state index contributed by atoms with van der Waals surface area (Å²) in [6.45, 7) is 0. The first-order valence-corrected chi connectivity index (χ1v) is 5.45. The summed E-state index contributed by atoms with van der Waals surface area (Å²) in [5.41, 5.74) is -0.817. The van der Waals surface area contributed by atoms with Crippen molar-refractivity contribution in [3.05, 3.63) is 70.0 Å². The third kappa shape index (κ3) is 2.35. The number of halogens is 4. The van der Waals surface area contributed by atoms with E-state index < -0.39 is 29.1 Å². The Morgan fingerprint density at radius 2 is 1.56 bits per heavy atom. The van der Waals surface area contributed by atoms with Gasteiger partial charge in [-0.1, -0.05) is 23.7 Å². The summed E-state index contributed by atoms with van der Waals surface area (Å²) >= 11 is 5.56. The molecule has 0 fully saturated rings. The van der Waals surface area contributed by atoms with Gasteiger partial charge in [-0.2, -0.15) is 0 Å². The molecule has 0 aliphatic rings. The number of benzene rings is 2. The van der Waals surface area contributed by atoms with Gasteiger partial charge < -0.3 is 5.11 Å². The highest BCUT2D eigenvalue weighted by molar-refractivity contribution is 6.30. The molecule has 0 amide bonds. The number of hydrogen-bond acceptors (Lipinski definition) is 1. The van der Waals surface area contributed by atoms with Crippen LogP contribution in [0, 0.1) is 17.5 Å². The predicted molar refractivity (Wildman–Crippen MR) is 61.8 cm³/mol. The van der Waals surface area contributed by atoms with Gasteiger partial charge in [-0.3, -0.25) is 0 Å². The molecule has 1 N–H and O–H groups in total. The van der Waals surface area contributed by atoms with Crippen molar-refractivity contribution in [2.75, 3.05) is 0 Å². The normalized spacial score (nSPS) is 12.5. The highest BCUT2D eigenvalue weighted by atomic mass is 35.5. The molecule has 5 heteroatoms. The molecule has 1 atom stereocenters. The summed E-state index contributed by atoms with van der Waals surface area (Å²) in [4.78, 5) is 0. The zero-order chi connectivity index (χ0) is 13.3. The fourth-order valence-electron chi connectivity index (χ4n) is 1.65. The SMILES string of the molecule is OC(c1ccc(Cl)cc1F)c1c(F)cccc1F. The zero-order valence-electron chi connectivity index (χ0n) is 9.00. The maximum atomic E-state index is 13.6. The van der Waals surface area contributed by atoms with Gasteiger partial charge in [0.05, 0.1) is 5.56 Å². The first kappa shape index (κ1) is 12.9. The Hall–Kier alpha value is -1.52. The third-order valence-corrected chi connectivity index (χ3v) is 2.77. The molecule has 0 aromatic heterocycles. The van der Waals surface area contributed by atoms with Gasteiger partial charge in [-0.05, 0) is 24.3 Å². The van der Waals surface area contributed by atoms with E-state index >= 15 is 0 Å². The van der Waals surface area contributed by atoms with Gasteiger partial charge in [0.2, 0.25) is 0 Å². The summed E-state index contributed by atoms with van der Waals surface area (Å²) < 4.78 is 40.5. The van der Waals surface area contributed by atoms with E-state index in [0.717, 1.165) is 18.2 Å². The Balaban J connectivity index is 2.51. The molecule has 0 saturated carbocycles. The molecule has 0 bridgehead atoms. The topological polar surface area (TPSA) is 20.2 Å². The Bertz CT molecular complexity index is 566. The molecule has 2 rings (SSSR count). The lowest BCUT2D eigenvalue weighted by Gasteiger charge is -2.14. The van der Waals surface area contributed by atoms with Gasteiger partial charge in [-0.15, -0.1) is 0 Å². The average Bonchev–Trinajstić information content (AvgIpc) is 2.28. The molecular formula is C13H8ClF3O. The molecule has 0 saturated heterocycles. The summed E-state index contributed by atoms with van der Waals surface area (Å²) in [6.07, 6.45) is -1.72. The Kier molecular flexibility index (Phi) is 3.59. The van der Waals surface area contributed by atoms with Crippen LogP contribution >= 0.6 is 11.6 Å². The van der Waals surface area contributed by atoms with Gasteiger partial charge in [-0.25, -0.2) is 13.2 Å². The minimum absolute atomic E-state index is 0.137. The average molecular weight is 273 g/mol. The van der Waals surface area contributed by atoms with Crippen LogP contribution in [-0.2, 0) is 0 Å². The second-order valence-electron chi connectivity index (χ2n) is 3.70. The van der Waals surface area contributed by atoms with Crippen molar-refractivity contribution in [1.29, 1.82) is 0 Å². The lowest BCUT2D eigenvalue weighted by molar-refractivity contribution is 0.204. The van der Waals surface area contributed by atoms with E-state index in [1.165, 1.54) is 18.2 Å². The smallest absolute Gasteiger partial charge is 0.132 e. The fraction of sp³-hybridized carbons (Fsp3) is 0.0769. The van der Waals surface area contributed by atoms with Crippen LogP contribution in [-0.4, -0.2) is 5.11 Å². The minimum Gasteiger partial charge on any atom is -0.383 e. The molecule has 0 spiro atoms. The number of aliphatic hydroxyl groups excluding tert-OH is 1. The minimum atomic E-state index is -1.72. The summed E-state index contributed by atoms with van der Waals surface area (Å²) in [6, 6.07) is 6.65. The molecule has 0 heterocycles. The Labute approximate surface area is 106 Å². The van der Waals surface area contributed by atoms with Crippen LogP contribution in [0.4, 0.5) is 13.2 Å². The van der Waals surface area contributed by atoms with Gasteiger partial charge in [0.25, 0.3) is 0 Å². The zero-order valence-corrected chi connectivity index (χ0v) is 9.76. The molecule has 94 valence electrons. The van der Waals surface area contributed by atoms with Crippen molar-refractivity contribution in [3.63, 3.8) is 0 Å². The van der Waals surface area contributed by atoms with Crippen molar-refractivity contribution in [1.82, 2.24) is 0 Å². The molecule has 2 aromatic carbocycles. The Morgan fingerprint density at radius 3 is 2.11 bits per heavy atom. The van der Waals surface area contributed by atoms with Crippen LogP contribution in [0.1, 0.15) is 17.2 Å². The van der Waals surface area contributed by atoms with Crippen molar-refractivity contribution < 1.29 is 18.3 Å². The van der Waals surface area contributed by atoms with Crippen LogP contribution in [0.5, 0.6) is 0 Å². The van der Waals surface area contributed by atoms with Gasteiger partial charge in [0.15, 0.2) is 0 Å². The molecular weight excluding hydrogens is 265 g/mol. The summed E-state index contributed by atoms with van der Waals surface area (Å²) in [5, 5.41) is 10.00. The van der Waals surface area contributed by atoms with E-state index in [2.05, 4.69) is 0 Å². The largest absolute Gasteiger partial charge is 0.383 e. The number of aliphatic hydroxyl groups is 1. The van der Waals surface area contributed by atoms with Crippen LogP contribution in [0.3, 0.4) is 0 Å². The van der Waals surface area contributed by atoms with E-state index in [9.17, 15) is 18.3 Å². The van der Waals surface area contributed by atoms with Crippen LogP contribution in [0.15, 0.2) is 36.4 Å². The molecule has 0 aliphatic heterocycles. The van der Waals surface area contributed by atoms with Crippen molar-refractivity contribution >= 4 is 11.6 Å². The van der Waals surface area contributed by atoms with E-state index in [1.54, 1.807) is 0 Å². The fourth-order valence-corrected chi connectivity index (χ4v) is 1.81. The highest BCUT2D eigenvalue weighted by Gasteiger charge is 2.22. The quantitative estimate of drug-likeness (QED) is 0.881. The standard InChI is InChI=1S/C13H8ClF3O/c14-7-4-5-8(11(17)6-7)13(18)12-9(15)2-1-3-10(12)16/h1-6,13,18H. The van der Waals surface area contributed by atoms with Crippen molar-refractivity contribution in [2.24, 2.45) is 0 Å². The van der Waals surface area contributed by atoms with E-state index in [0.29, 0.717) is 0 Å². The maximum Gasteiger partial charge on any atom is 0.132 e. The van der Waals surface area contributed by atoms with Crippen molar-refractivity contribution in [2.45, 2.75) is 6.10 Å². The van der Waals surface area contributed by atoms with Gasteiger partial charge >= 0.3 is 0 Å². The maximum absolute atomic E-state index is 13.6. The lowest BCUT2D eigenvalue weighted by atomic mass is 10.00. The van der Waals surface area contributed by atoms with Crippen molar-refractivity contribution in [3.8, 4) is 0 Å². The van der Waals surface area contributed by atoms with Crippen LogP contribution in [0.2, 0.25) is 5.02 Å². The first-order valence-electron chi connectivity index (χ1n) is 5.07. The molecule has 2 aromatic rings. The molecule has 1 nitrogen and oxygen atoms in total. The van der Waals surface area contributed by atoms with Gasteiger partial charge in [0.1, 0.15) is 23.6 Å². The monoisotopic (exact) mass is 272 g/mol. The number of hydrogen-bond donors (Lipinski definition) is 1. The lowest BCUT2D eigenvalue weighted by Crippen LogP contribution is -2.07. The number of rotatable bonds is 2. The van der Waals surface area contributed by atoms with Crippen LogP contribution < -0.4 is 0 Å². The van der Waals surface area contributed by atoms with E-state index in [1.807, 2.05) is 0 Å². The molecule has 18 heavy (non-hydrogen) atoms. The second-order valence-corrected chi connectivity index (χ2v) is 4.14. The first-order chi connectivity index (χ1) is 8.50. The molecule has 0 aliphatic carbocycles. The molecule has 0 radical (unpaired) electrons. The predicted octanol–water partition coefficient (Wildman–Crippen LogP) is 3.84. The third-order valence-electron chi connectivity index (χ3n) is 2.53. The van der Waals surface area contributed by atoms with E-state index in [4.69, 9.17) is 11.6 Å². The van der Waals surface area contributed by atoms with Crippen LogP contribution in [0.25, 0.3) is 0 Å². The van der Waals surface area contributed by atoms with Gasteiger partial charge in [0, 0.05) is 10.6 Å².